The van der Waals surface area contributed by atoms with Gasteiger partial charge in [0.15, 0.2) is 0 Å². The average Bonchev–Trinajstić information content (AvgIpc) is 2.89. The monoisotopic (exact) mass is 228 g/mol. The van der Waals surface area contributed by atoms with Gasteiger partial charge in [0.25, 0.3) is 0 Å². The molecule has 0 bridgehead atoms. The highest BCUT2D eigenvalue weighted by Gasteiger charge is 2.19. The van der Waals surface area contributed by atoms with Gasteiger partial charge >= 0.3 is 0 Å². The van der Waals surface area contributed by atoms with Gasteiger partial charge in [-0.2, -0.15) is 0 Å². The summed E-state index contributed by atoms with van der Waals surface area (Å²) in [5.41, 5.74) is 1.14. The van der Waals surface area contributed by atoms with Gasteiger partial charge in [-0.05, 0) is 32.2 Å². The lowest BCUT2D eigenvalue weighted by atomic mass is 10.4. The van der Waals surface area contributed by atoms with Crippen molar-refractivity contribution in [2.24, 2.45) is 5.92 Å². The van der Waals surface area contributed by atoms with Crippen LogP contribution in [0.15, 0.2) is 9.72 Å². The van der Waals surface area contributed by atoms with Gasteiger partial charge in [-0.25, -0.2) is 4.98 Å². The van der Waals surface area contributed by atoms with Gasteiger partial charge in [0.2, 0.25) is 0 Å². The summed E-state index contributed by atoms with van der Waals surface area (Å²) in [5.74, 6) is 2.13. The van der Waals surface area contributed by atoms with Crippen LogP contribution in [0.5, 0.6) is 0 Å². The van der Waals surface area contributed by atoms with Crippen molar-refractivity contribution < 1.29 is 0 Å². The molecule has 2 rings (SSSR count). The minimum Gasteiger partial charge on any atom is -0.316 e. The number of rotatable bonds is 6. The average molecular weight is 228 g/mol. The molecule has 1 aromatic rings. The second-order valence-electron chi connectivity index (χ2n) is 3.75. The van der Waals surface area contributed by atoms with Crippen molar-refractivity contribution in [2.45, 2.75) is 24.1 Å². The molecule has 1 heterocycles. The Morgan fingerprint density at radius 3 is 3.14 bits per heavy atom. The van der Waals surface area contributed by atoms with Gasteiger partial charge in [0.05, 0.1) is 0 Å². The van der Waals surface area contributed by atoms with Crippen molar-refractivity contribution in [2.75, 3.05) is 18.8 Å². The molecule has 0 unspecified atom stereocenters. The minimum atomic E-state index is 0.988. The Morgan fingerprint density at radius 1 is 1.64 bits per heavy atom. The lowest BCUT2D eigenvalue weighted by Crippen LogP contribution is -2.19. The van der Waals surface area contributed by atoms with E-state index in [9.17, 15) is 0 Å². The van der Waals surface area contributed by atoms with E-state index in [4.69, 9.17) is 0 Å². The molecule has 0 saturated heterocycles. The van der Waals surface area contributed by atoms with Crippen molar-refractivity contribution in [3.63, 3.8) is 0 Å². The van der Waals surface area contributed by atoms with E-state index in [1.54, 1.807) is 11.3 Å². The molecule has 0 radical (unpaired) electrons. The fraction of sp³-hybridized carbons (Fsp3) is 0.700. The topological polar surface area (TPSA) is 24.9 Å². The van der Waals surface area contributed by atoms with Gasteiger partial charge in [0.1, 0.15) is 4.34 Å². The van der Waals surface area contributed by atoms with E-state index in [0.29, 0.717) is 0 Å². The Kier molecular flexibility index (Phi) is 3.84. The van der Waals surface area contributed by atoms with E-state index < -0.39 is 0 Å². The Balaban J connectivity index is 1.53. The molecule has 2 nitrogen and oxygen atoms in total. The van der Waals surface area contributed by atoms with Crippen LogP contribution in [0.1, 0.15) is 18.5 Å². The maximum absolute atomic E-state index is 4.41. The number of nitrogens with one attached hydrogen (secondary N) is 1. The first-order valence-corrected chi connectivity index (χ1v) is 6.97. The van der Waals surface area contributed by atoms with E-state index in [2.05, 4.69) is 15.7 Å². The summed E-state index contributed by atoms with van der Waals surface area (Å²) in [6.45, 7) is 4.38. The van der Waals surface area contributed by atoms with Crippen molar-refractivity contribution in [3.05, 3.63) is 11.1 Å². The molecule has 1 aromatic heterocycles. The number of hydrogen-bond acceptors (Lipinski definition) is 4. The van der Waals surface area contributed by atoms with Crippen LogP contribution in [0.2, 0.25) is 0 Å². The van der Waals surface area contributed by atoms with Crippen molar-refractivity contribution in [3.8, 4) is 0 Å². The van der Waals surface area contributed by atoms with E-state index in [1.807, 2.05) is 18.7 Å². The number of aromatic nitrogens is 1. The summed E-state index contributed by atoms with van der Waals surface area (Å²) >= 11 is 3.61. The first-order valence-electron chi connectivity index (χ1n) is 5.10. The van der Waals surface area contributed by atoms with E-state index in [0.717, 1.165) is 23.9 Å². The van der Waals surface area contributed by atoms with Gasteiger partial charge in [-0.15, -0.1) is 11.3 Å². The molecule has 1 saturated carbocycles. The normalized spacial score (nSPS) is 16.1. The highest BCUT2D eigenvalue weighted by atomic mass is 32.2. The fourth-order valence-corrected chi connectivity index (χ4v) is 3.05. The predicted molar refractivity (Wildman–Crippen MR) is 63.2 cm³/mol. The van der Waals surface area contributed by atoms with E-state index >= 15 is 0 Å². The maximum Gasteiger partial charge on any atom is 0.150 e. The summed E-state index contributed by atoms with van der Waals surface area (Å²) in [5, 5.41) is 5.59. The Hall–Kier alpha value is -0.0600. The molecule has 4 heteroatoms. The summed E-state index contributed by atoms with van der Waals surface area (Å²) < 4.78 is 1.20. The Bertz CT molecular complexity index is 281. The van der Waals surface area contributed by atoms with Crippen LogP contribution in [0.25, 0.3) is 0 Å². The summed E-state index contributed by atoms with van der Waals surface area (Å²) in [7, 11) is 0. The highest BCUT2D eigenvalue weighted by molar-refractivity contribution is 8.01. The first kappa shape index (κ1) is 10.5. The second kappa shape index (κ2) is 5.14. The van der Waals surface area contributed by atoms with Crippen LogP contribution in [0.3, 0.4) is 0 Å². The number of thioether (sulfide) groups is 1. The molecule has 0 aliphatic heterocycles. The molecule has 0 amide bonds. The smallest absolute Gasteiger partial charge is 0.150 e. The Labute approximate surface area is 93.5 Å². The summed E-state index contributed by atoms with van der Waals surface area (Å²) in [6, 6.07) is 0. The minimum absolute atomic E-state index is 0.988. The SMILES string of the molecule is Cc1csc(SCCNCC2CC2)n1. The van der Waals surface area contributed by atoms with Gasteiger partial charge in [-0.3, -0.25) is 0 Å². The third-order valence-corrected chi connectivity index (χ3v) is 4.37. The molecule has 14 heavy (non-hydrogen) atoms. The first-order chi connectivity index (χ1) is 6.84. The quantitative estimate of drug-likeness (QED) is 0.598. The molecule has 1 aliphatic rings. The largest absolute Gasteiger partial charge is 0.316 e. The van der Waals surface area contributed by atoms with Crippen LogP contribution < -0.4 is 5.32 Å². The van der Waals surface area contributed by atoms with Gasteiger partial charge < -0.3 is 5.32 Å². The second-order valence-corrected chi connectivity index (χ2v) is 5.95. The fourth-order valence-electron chi connectivity index (χ4n) is 1.24. The number of aryl methyl sites for hydroxylation is 1. The van der Waals surface area contributed by atoms with Gasteiger partial charge in [-0.1, -0.05) is 11.8 Å². The van der Waals surface area contributed by atoms with Crippen LogP contribution >= 0.6 is 23.1 Å². The third-order valence-electron chi connectivity index (χ3n) is 2.23. The molecular formula is C10H16N2S2. The molecule has 1 fully saturated rings. The zero-order valence-electron chi connectivity index (χ0n) is 8.45. The molecule has 0 aromatic carbocycles. The standard InChI is InChI=1S/C10H16N2S2/c1-8-7-14-10(12-8)13-5-4-11-6-9-2-3-9/h7,9,11H,2-6H2,1H3. The maximum atomic E-state index is 4.41. The Morgan fingerprint density at radius 2 is 2.50 bits per heavy atom. The summed E-state index contributed by atoms with van der Waals surface area (Å²) in [4.78, 5) is 4.41. The molecule has 1 N–H and O–H groups in total. The van der Waals surface area contributed by atoms with Crippen molar-refractivity contribution in [1.29, 1.82) is 0 Å². The molecule has 0 spiro atoms. The van der Waals surface area contributed by atoms with Crippen LogP contribution in [0.4, 0.5) is 0 Å². The zero-order chi connectivity index (χ0) is 9.80. The lowest BCUT2D eigenvalue weighted by Gasteiger charge is -2.00. The van der Waals surface area contributed by atoms with Crippen LogP contribution in [-0.4, -0.2) is 23.8 Å². The van der Waals surface area contributed by atoms with E-state index in [1.165, 1.54) is 23.7 Å². The predicted octanol–water partition coefficient (Wildman–Crippen LogP) is 2.54. The number of nitrogens with zero attached hydrogens (tertiary/aromatic N) is 1. The van der Waals surface area contributed by atoms with Crippen molar-refractivity contribution >= 4 is 23.1 Å². The molecule has 1 aliphatic carbocycles. The molecule has 0 atom stereocenters. The van der Waals surface area contributed by atoms with Crippen LogP contribution in [-0.2, 0) is 0 Å². The van der Waals surface area contributed by atoms with E-state index in [-0.39, 0.29) is 0 Å². The molecule has 78 valence electrons. The highest BCUT2D eigenvalue weighted by Crippen LogP contribution is 2.27. The lowest BCUT2D eigenvalue weighted by molar-refractivity contribution is 0.666. The third kappa shape index (κ3) is 3.59. The zero-order valence-corrected chi connectivity index (χ0v) is 10.1. The summed E-state index contributed by atoms with van der Waals surface area (Å²) in [6.07, 6.45) is 2.87. The number of thiazole rings is 1. The number of hydrogen-bond donors (Lipinski definition) is 1. The molecular weight excluding hydrogens is 212 g/mol. The van der Waals surface area contributed by atoms with Crippen LogP contribution in [0, 0.1) is 12.8 Å². The van der Waals surface area contributed by atoms with Crippen molar-refractivity contribution in [1.82, 2.24) is 10.3 Å². The van der Waals surface area contributed by atoms with Gasteiger partial charge in [0, 0.05) is 23.4 Å².